The van der Waals surface area contributed by atoms with Crippen LogP contribution in [0.1, 0.15) is 25.0 Å². The van der Waals surface area contributed by atoms with Gasteiger partial charge in [-0.3, -0.25) is 0 Å². The average molecular weight is 274 g/mol. The van der Waals surface area contributed by atoms with Crippen LogP contribution in [0.4, 0.5) is 0 Å². The summed E-state index contributed by atoms with van der Waals surface area (Å²) < 4.78 is 10.7. The van der Waals surface area contributed by atoms with Gasteiger partial charge in [0.15, 0.2) is 0 Å². The maximum Gasteiger partial charge on any atom is 0.122 e. The maximum atomic E-state index is 5.86. The molecule has 0 aliphatic carbocycles. The first-order valence-corrected chi connectivity index (χ1v) is 6.16. The van der Waals surface area contributed by atoms with Gasteiger partial charge in [-0.1, -0.05) is 12.1 Å². The van der Waals surface area contributed by atoms with Crippen molar-refractivity contribution in [2.24, 2.45) is 5.73 Å². The lowest BCUT2D eigenvalue weighted by atomic mass is 10.0. The molecule has 104 valence electrons. The molecule has 4 heteroatoms. The second-order valence-electron chi connectivity index (χ2n) is 4.30. The molecule has 0 spiro atoms. The number of methoxy groups -OCH3 is 1. The molecule has 0 bridgehead atoms. The van der Waals surface area contributed by atoms with Gasteiger partial charge in [0.05, 0.1) is 13.2 Å². The molecular weight excluding hydrogens is 250 g/mol. The highest BCUT2D eigenvalue weighted by Crippen LogP contribution is 2.22. The van der Waals surface area contributed by atoms with Gasteiger partial charge < -0.3 is 15.2 Å². The largest absolute Gasteiger partial charge is 0.494 e. The lowest BCUT2D eigenvalue weighted by Gasteiger charge is -2.13. The molecule has 0 saturated carbocycles. The molecule has 0 aliphatic rings. The molecule has 3 nitrogen and oxygen atoms in total. The van der Waals surface area contributed by atoms with E-state index >= 15 is 0 Å². The standard InChI is InChI=1S/C14H23NO2.ClH/c1-4-17-14-6-5-12(7-8-16-3)10-13(14)9-11(2)15;/h5-6,10-11H,4,7-9,15H2,1-3H3;1H. The second-order valence-corrected chi connectivity index (χ2v) is 4.30. The quantitative estimate of drug-likeness (QED) is 0.830. The second kappa shape index (κ2) is 9.20. The zero-order valence-corrected chi connectivity index (χ0v) is 12.3. The van der Waals surface area contributed by atoms with E-state index in [1.165, 1.54) is 11.1 Å². The van der Waals surface area contributed by atoms with Crippen molar-refractivity contribution in [1.29, 1.82) is 0 Å². The number of ether oxygens (including phenoxy) is 2. The van der Waals surface area contributed by atoms with Gasteiger partial charge in [-0.25, -0.2) is 0 Å². The Morgan fingerprint density at radius 1 is 1.33 bits per heavy atom. The summed E-state index contributed by atoms with van der Waals surface area (Å²) in [6, 6.07) is 6.45. The van der Waals surface area contributed by atoms with Crippen LogP contribution in [-0.2, 0) is 17.6 Å². The van der Waals surface area contributed by atoms with E-state index < -0.39 is 0 Å². The lowest BCUT2D eigenvalue weighted by Crippen LogP contribution is -2.18. The van der Waals surface area contributed by atoms with Gasteiger partial charge in [0.1, 0.15) is 5.75 Å². The Morgan fingerprint density at radius 3 is 2.61 bits per heavy atom. The predicted octanol–water partition coefficient (Wildman–Crippen LogP) is 2.59. The van der Waals surface area contributed by atoms with Gasteiger partial charge >= 0.3 is 0 Å². The van der Waals surface area contributed by atoms with Crippen LogP contribution in [0.3, 0.4) is 0 Å². The third kappa shape index (κ3) is 5.71. The fraction of sp³-hybridized carbons (Fsp3) is 0.571. The molecule has 1 rings (SSSR count). The van der Waals surface area contributed by atoms with Gasteiger partial charge in [0.2, 0.25) is 0 Å². The highest BCUT2D eigenvalue weighted by atomic mass is 35.5. The Hall–Kier alpha value is -0.770. The molecule has 0 radical (unpaired) electrons. The fourth-order valence-corrected chi connectivity index (χ4v) is 1.81. The van der Waals surface area contributed by atoms with Crippen LogP contribution in [0.5, 0.6) is 5.75 Å². The van der Waals surface area contributed by atoms with Crippen LogP contribution >= 0.6 is 12.4 Å². The normalized spacial score (nSPS) is 11.8. The van der Waals surface area contributed by atoms with Crippen molar-refractivity contribution < 1.29 is 9.47 Å². The molecule has 1 aromatic carbocycles. The molecule has 0 amide bonds. The minimum absolute atomic E-state index is 0. The van der Waals surface area contributed by atoms with Gasteiger partial charge in [-0.05, 0) is 43.9 Å². The summed E-state index contributed by atoms with van der Waals surface area (Å²) in [5.74, 6) is 0.950. The summed E-state index contributed by atoms with van der Waals surface area (Å²) in [5.41, 5.74) is 8.32. The summed E-state index contributed by atoms with van der Waals surface area (Å²) in [6.45, 7) is 5.43. The molecule has 0 aliphatic heterocycles. The summed E-state index contributed by atoms with van der Waals surface area (Å²) in [5, 5.41) is 0. The zero-order chi connectivity index (χ0) is 12.7. The number of benzene rings is 1. The van der Waals surface area contributed by atoms with E-state index in [0.717, 1.165) is 25.2 Å². The first-order valence-electron chi connectivity index (χ1n) is 6.16. The van der Waals surface area contributed by atoms with E-state index in [-0.39, 0.29) is 18.4 Å². The van der Waals surface area contributed by atoms with E-state index in [4.69, 9.17) is 15.2 Å². The van der Waals surface area contributed by atoms with Crippen molar-refractivity contribution in [1.82, 2.24) is 0 Å². The highest BCUT2D eigenvalue weighted by Gasteiger charge is 2.07. The monoisotopic (exact) mass is 273 g/mol. The molecule has 18 heavy (non-hydrogen) atoms. The van der Waals surface area contributed by atoms with Gasteiger partial charge in [0.25, 0.3) is 0 Å². The number of hydrogen-bond donors (Lipinski definition) is 1. The SMILES string of the molecule is CCOc1ccc(CCOC)cc1CC(C)N.Cl. The molecule has 0 fully saturated rings. The van der Waals surface area contributed by atoms with Crippen LogP contribution in [0.25, 0.3) is 0 Å². The molecule has 1 unspecified atom stereocenters. The Balaban J connectivity index is 0.00000289. The van der Waals surface area contributed by atoms with E-state index in [2.05, 4.69) is 12.1 Å². The number of nitrogens with two attached hydrogens (primary N) is 1. The molecular formula is C14H24ClNO2. The van der Waals surface area contributed by atoms with Crippen molar-refractivity contribution in [2.45, 2.75) is 32.7 Å². The third-order valence-electron chi connectivity index (χ3n) is 2.56. The van der Waals surface area contributed by atoms with Crippen LogP contribution < -0.4 is 10.5 Å². The molecule has 2 N–H and O–H groups in total. The molecule has 0 heterocycles. The van der Waals surface area contributed by atoms with Crippen molar-refractivity contribution in [2.75, 3.05) is 20.3 Å². The Kier molecular flexibility index (Phi) is 8.81. The summed E-state index contributed by atoms with van der Waals surface area (Å²) >= 11 is 0. The van der Waals surface area contributed by atoms with E-state index in [1.54, 1.807) is 7.11 Å². The molecule has 1 atom stereocenters. The van der Waals surface area contributed by atoms with Crippen LogP contribution in [0, 0.1) is 0 Å². The summed E-state index contributed by atoms with van der Waals surface area (Å²) in [6.07, 6.45) is 1.77. The zero-order valence-electron chi connectivity index (χ0n) is 11.4. The summed E-state index contributed by atoms with van der Waals surface area (Å²) in [4.78, 5) is 0. The minimum atomic E-state index is 0. The van der Waals surface area contributed by atoms with Crippen LogP contribution in [0.15, 0.2) is 18.2 Å². The van der Waals surface area contributed by atoms with Gasteiger partial charge in [-0.2, -0.15) is 0 Å². The topological polar surface area (TPSA) is 44.5 Å². The van der Waals surface area contributed by atoms with E-state index in [0.29, 0.717) is 6.61 Å². The Labute approximate surface area is 116 Å². The third-order valence-corrected chi connectivity index (χ3v) is 2.56. The highest BCUT2D eigenvalue weighted by molar-refractivity contribution is 5.85. The molecule has 0 aromatic heterocycles. The Morgan fingerprint density at radius 2 is 2.06 bits per heavy atom. The fourth-order valence-electron chi connectivity index (χ4n) is 1.81. The smallest absolute Gasteiger partial charge is 0.122 e. The van der Waals surface area contributed by atoms with Crippen molar-refractivity contribution in [3.8, 4) is 5.75 Å². The molecule has 0 saturated heterocycles. The number of hydrogen-bond acceptors (Lipinski definition) is 3. The lowest BCUT2D eigenvalue weighted by molar-refractivity contribution is 0.202. The summed E-state index contributed by atoms with van der Waals surface area (Å²) in [7, 11) is 1.72. The Bertz CT molecular complexity index is 343. The average Bonchev–Trinajstić information content (AvgIpc) is 2.29. The van der Waals surface area contributed by atoms with Crippen LogP contribution in [0.2, 0.25) is 0 Å². The van der Waals surface area contributed by atoms with E-state index in [9.17, 15) is 0 Å². The van der Waals surface area contributed by atoms with Crippen molar-refractivity contribution >= 4 is 12.4 Å². The van der Waals surface area contributed by atoms with Crippen molar-refractivity contribution in [3.63, 3.8) is 0 Å². The van der Waals surface area contributed by atoms with Gasteiger partial charge in [-0.15, -0.1) is 12.4 Å². The number of rotatable bonds is 7. The predicted molar refractivity (Wildman–Crippen MR) is 77.8 cm³/mol. The maximum absolute atomic E-state index is 5.86. The minimum Gasteiger partial charge on any atom is -0.494 e. The van der Waals surface area contributed by atoms with Gasteiger partial charge in [0, 0.05) is 13.2 Å². The molecule has 1 aromatic rings. The van der Waals surface area contributed by atoms with Crippen molar-refractivity contribution in [3.05, 3.63) is 29.3 Å². The van der Waals surface area contributed by atoms with E-state index in [1.807, 2.05) is 19.9 Å². The van der Waals surface area contributed by atoms with Crippen LogP contribution in [-0.4, -0.2) is 26.4 Å². The first-order chi connectivity index (χ1) is 8.17. The number of halogens is 1. The first kappa shape index (κ1) is 17.2.